The topological polar surface area (TPSA) is 0 Å². The quantitative estimate of drug-likeness (QED) is 0.477. The van der Waals surface area contributed by atoms with E-state index < -0.39 is 0 Å². The van der Waals surface area contributed by atoms with Crippen molar-refractivity contribution in [3.63, 3.8) is 0 Å². The summed E-state index contributed by atoms with van der Waals surface area (Å²) < 4.78 is 0. The van der Waals surface area contributed by atoms with E-state index in [0.717, 1.165) is 5.56 Å². The van der Waals surface area contributed by atoms with Crippen LogP contribution in [0, 0.1) is 12.3 Å². The lowest BCUT2D eigenvalue weighted by Crippen LogP contribution is -1.93. The predicted octanol–water partition coefficient (Wildman–Crippen LogP) is 4.80. The Morgan fingerprint density at radius 3 is 2.87 bits per heavy atom. The molecule has 0 amide bonds. The van der Waals surface area contributed by atoms with Crippen molar-refractivity contribution in [2.24, 2.45) is 0 Å². The summed E-state index contributed by atoms with van der Waals surface area (Å²) in [6.45, 7) is 4.54. The fourth-order valence-electron chi connectivity index (χ4n) is 1.83. The molecule has 1 rings (SSSR count). The molecule has 82 valence electrons. The molecule has 0 aromatic carbocycles. The van der Waals surface area contributed by atoms with Gasteiger partial charge in [-0.2, -0.15) is 0 Å². The summed E-state index contributed by atoms with van der Waals surface area (Å²) in [5.74, 6) is 3.40. The first kappa shape index (κ1) is 12.3. The Bertz CT molecular complexity index is 316. The van der Waals surface area contributed by atoms with Crippen LogP contribution in [-0.2, 0) is 0 Å². The molecule has 0 saturated carbocycles. The first-order chi connectivity index (χ1) is 7.29. The van der Waals surface area contributed by atoms with Crippen LogP contribution in [0.3, 0.4) is 0 Å². The fraction of sp³-hybridized carbons (Fsp3) is 0.571. The highest BCUT2D eigenvalue weighted by Gasteiger charge is 2.10. The second kappa shape index (κ2) is 6.69. The SMILES string of the molecule is C#Cc1ccsc1C(C)CCCCCC. The third-order valence-electron chi connectivity index (χ3n) is 2.79. The largest absolute Gasteiger partial charge is 0.147 e. The summed E-state index contributed by atoms with van der Waals surface area (Å²) in [6, 6.07) is 2.06. The molecule has 0 aliphatic carbocycles. The predicted molar refractivity (Wildman–Crippen MR) is 69.4 cm³/mol. The van der Waals surface area contributed by atoms with Crippen LogP contribution in [0.15, 0.2) is 11.4 Å². The van der Waals surface area contributed by atoms with Crippen LogP contribution >= 0.6 is 11.3 Å². The van der Waals surface area contributed by atoms with Gasteiger partial charge in [0.05, 0.1) is 0 Å². The second-order valence-corrected chi connectivity index (χ2v) is 5.04. The van der Waals surface area contributed by atoms with Gasteiger partial charge in [0.25, 0.3) is 0 Å². The van der Waals surface area contributed by atoms with Gasteiger partial charge in [-0.1, -0.05) is 45.5 Å². The molecule has 0 bridgehead atoms. The molecule has 1 heteroatoms. The molecule has 0 nitrogen and oxygen atoms in total. The van der Waals surface area contributed by atoms with Crippen LogP contribution in [0.4, 0.5) is 0 Å². The smallest absolute Gasteiger partial charge is 0.0384 e. The van der Waals surface area contributed by atoms with E-state index in [1.54, 1.807) is 11.3 Å². The molecule has 0 radical (unpaired) electrons. The van der Waals surface area contributed by atoms with Gasteiger partial charge in [-0.05, 0) is 23.8 Å². The van der Waals surface area contributed by atoms with Crippen LogP contribution in [0.5, 0.6) is 0 Å². The minimum absolute atomic E-state index is 0.632. The Morgan fingerprint density at radius 1 is 1.40 bits per heavy atom. The van der Waals surface area contributed by atoms with Gasteiger partial charge in [0.15, 0.2) is 0 Å². The standard InChI is InChI=1S/C14H20S/c1-4-6-7-8-9-12(3)14-13(5-2)10-11-15-14/h2,10-12H,4,6-9H2,1,3H3. The van der Waals surface area contributed by atoms with Crippen molar-refractivity contribution < 1.29 is 0 Å². The number of terminal acetylenes is 1. The third kappa shape index (κ3) is 3.72. The van der Waals surface area contributed by atoms with E-state index in [0.29, 0.717) is 5.92 Å². The minimum Gasteiger partial charge on any atom is -0.147 e. The van der Waals surface area contributed by atoms with Crippen molar-refractivity contribution >= 4 is 11.3 Å². The first-order valence-electron chi connectivity index (χ1n) is 5.83. The summed E-state index contributed by atoms with van der Waals surface area (Å²) in [6.07, 6.45) is 12.1. The van der Waals surface area contributed by atoms with Gasteiger partial charge in [-0.3, -0.25) is 0 Å². The van der Waals surface area contributed by atoms with Crippen LogP contribution in [-0.4, -0.2) is 0 Å². The molecular formula is C14H20S. The zero-order valence-corrected chi connectivity index (χ0v) is 10.6. The van der Waals surface area contributed by atoms with Crippen molar-refractivity contribution in [1.82, 2.24) is 0 Å². The van der Waals surface area contributed by atoms with Crippen molar-refractivity contribution in [3.8, 4) is 12.3 Å². The van der Waals surface area contributed by atoms with E-state index in [-0.39, 0.29) is 0 Å². The molecule has 1 heterocycles. The van der Waals surface area contributed by atoms with Gasteiger partial charge in [0.1, 0.15) is 0 Å². The van der Waals surface area contributed by atoms with Crippen molar-refractivity contribution in [1.29, 1.82) is 0 Å². The number of hydrogen-bond donors (Lipinski definition) is 0. The number of unbranched alkanes of at least 4 members (excludes halogenated alkanes) is 3. The number of hydrogen-bond acceptors (Lipinski definition) is 1. The molecule has 1 aromatic heterocycles. The number of thiophene rings is 1. The highest BCUT2D eigenvalue weighted by atomic mass is 32.1. The van der Waals surface area contributed by atoms with Gasteiger partial charge >= 0.3 is 0 Å². The molecule has 0 saturated heterocycles. The lowest BCUT2D eigenvalue weighted by atomic mass is 9.99. The summed E-state index contributed by atoms with van der Waals surface area (Å²) in [5, 5.41) is 2.10. The summed E-state index contributed by atoms with van der Waals surface area (Å²) in [7, 11) is 0. The second-order valence-electron chi connectivity index (χ2n) is 4.09. The van der Waals surface area contributed by atoms with E-state index in [9.17, 15) is 0 Å². The Hall–Kier alpha value is -0.740. The highest BCUT2D eigenvalue weighted by Crippen LogP contribution is 2.29. The maximum Gasteiger partial charge on any atom is 0.0384 e. The van der Waals surface area contributed by atoms with E-state index in [1.165, 1.54) is 37.0 Å². The Morgan fingerprint density at radius 2 is 2.20 bits per heavy atom. The van der Waals surface area contributed by atoms with E-state index >= 15 is 0 Å². The zero-order valence-electron chi connectivity index (χ0n) is 9.75. The molecule has 15 heavy (non-hydrogen) atoms. The van der Waals surface area contributed by atoms with Crippen molar-refractivity contribution in [2.45, 2.75) is 51.9 Å². The first-order valence-corrected chi connectivity index (χ1v) is 6.71. The normalized spacial score (nSPS) is 12.3. The molecule has 1 unspecified atom stereocenters. The average molecular weight is 220 g/mol. The van der Waals surface area contributed by atoms with Gasteiger partial charge in [-0.15, -0.1) is 17.8 Å². The Balaban J connectivity index is 2.40. The van der Waals surface area contributed by atoms with Crippen molar-refractivity contribution in [3.05, 3.63) is 21.9 Å². The summed E-state index contributed by atoms with van der Waals surface area (Å²) >= 11 is 1.80. The lowest BCUT2D eigenvalue weighted by molar-refractivity contribution is 0.584. The third-order valence-corrected chi connectivity index (χ3v) is 3.94. The van der Waals surface area contributed by atoms with Gasteiger partial charge in [-0.25, -0.2) is 0 Å². The van der Waals surface area contributed by atoms with E-state index in [2.05, 4.69) is 31.2 Å². The number of rotatable bonds is 6. The molecule has 1 aromatic rings. The molecule has 0 N–H and O–H groups in total. The molecule has 0 spiro atoms. The van der Waals surface area contributed by atoms with Gasteiger partial charge in [0.2, 0.25) is 0 Å². The fourth-order valence-corrected chi connectivity index (χ4v) is 2.79. The Labute approximate surface area is 97.7 Å². The maximum absolute atomic E-state index is 5.47. The van der Waals surface area contributed by atoms with Crippen LogP contribution in [0.2, 0.25) is 0 Å². The zero-order chi connectivity index (χ0) is 11.1. The molecular weight excluding hydrogens is 200 g/mol. The molecule has 1 atom stereocenters. The summed E-state index contributed by atoms with van der Waals surface area (Å²) in [5.41, 5.74) is 1.10. The summed E-state index contributed by atoms with van der Waals surface area (Å²) in [4.78, 5) is 1.40. The highest BCUT2D eigenvalue weighted by molar-refractivity contribution is 7.10. The van der Waals surface area contributed by atoms with Crippen molar-refractivity contribution in [2.75, 3.05) is 0 Å². The van der Waals surface area contributed by atoms with Gasteiger partial charge < -0.3 is 0 Å². The Kier molecular flexibility index (Phi) is 5.50. The molecule has 0 aliphatic heterocycles. The van der Waals surface area contributed by atoms with Crippen LogP contribution in [0.1, 0.15) is 62.3 Å². The molecule has 0 aliphatic rings. The van der Waals surface area contributed by atoms with Crippen LogP contribution in [0.25, 0.3) is 0 Å². The minimum atomic E-state index is 0.632. The maximum atomic E-state index is 5.47. The van der Waals surface area contributed by atoms with Gasteiger partial charge in [0, 0.05) is 10.4 Å². The van der Waals surface area contributed by atoms with E-state index in [4.69, 9.17) is 6.42 Å². The lowest BCUT2D eigenvalue weighted by Gasteiger charge is -2.09. The van der Waals surface area contributed by atoms with Crippen LogP contribution < -0.4 is 0 Å². The monoisotopic (exact) mass is 220 g/mol. The van der Waals surface area contributed by atoms with E-state index in [1.807, 2.05) is 0 Å². The molecule has 0 fully saturated rings. The average Bonchev–Trinajstić information content (AvgIpc) is 2.72.